The fraction of sp³-hybridized carbons (Fsp3) is 0.0462. The van der Waals surface area contributed by atoms with E-state index in [4.69, 9.17) is 44.1 Å². The lowest BCUT2D eigenvalue weighted by atomic mass is 9.80. The van der Waals surface area contributed by atoms with Crippen LogP contribution in [0, 0.1) is 60.4 Å². The van der Waals surface area contributed by atoms with Crippen molar-refractivity contribution in [3.05, 3.63) is 285 Å². The van der Waals surface area contributed by atoms with Crippen molar-refractivity contribution in [2.45, 2.75) is 20.4 Å². The number of imidazole rings is 2. The van der Waals surface area contributed by atoms with Crippen LogP contribution in [0.15, 0.2) is 195 Å². The first-order valence-electron chi connectivity index (χ1n) is 26.9. The molecule has 0 atom stereocenters. The molecule has 5 aromatic carbocycles. The average Bonchev–Trinajstić information content (AvgIpc) is 1.59. The van der Waals surface area contributed by atoms with Gasteiger partial charge in [-0.1, -0.05) is 47.5 Å². The van der Waals surface area contributed by atoms with E-state index in [9.17, 15) is 49.5 Å². The zero-order valence-electron chi connectivity index (χ0n) is 48.6. The van der Waals surface area contributed by atoms with Crippen LogP contribution in [0.5, 0.6) is 0 Å². The maximum Gasteiger partial charge on any atom is 0.490 e. The standard InChI is InChI=1S/C26H17F3N4O.C13H12BFN2O3.C13H7ClF2N2.C7H4F2O2.C6H7ClN2.2ClH/c1-15-20(26(34)32-18-9-7-17(27)8-10-18)12-16(13-30-15)19-4-3-11-33-23(19)14-31-25(33)24-21(28)5-2-6-22(24)29;1-8-12(6-9(7-16-8)14(19)20)13(18)17-11-4-2-10(15)3-5-11;14-8-3-2-6-18-11(8)7-17-13(18)12-9(15)4-1-5-10(12)16;8-4-2-1-3-5(9)6(4)7(10)11;7-5-2-1-3-9-6(5)4-8;;/h2-14H,1H3,(H,32,34);2-7,19-20H,1H3,(H,17,18);1-7H;1-3H,(H,10,11);1-3H,4,8H2;2*1H. The van der Waals surface area contributed by atoms with Crippen LogP contribution in [0.1, 0.15) is 48.2 Å². The van der Waals surface area contributed by atoms with Gasteiger partial charge in [0, 0.05) is 71.2 Å². The van der Waals surface area contributed by atoms with Crippen LogP contribution in [-0.4, -0.2) is 73.8 Å². The SMILES string of the molecule is Cc1ncc(-c2cccn3c(-c4c(F)cccc4F)ncc23)cc1C(=O)Nc1ccc(F)cc1.Cc1ncc(B(O)O)cc1C(=O)Nc1ccc(F)cc1.Cl.Cl.Fc1cccc(F)c1-c1ncc2c(Cl)cccn12.NCc1ncccc1Cl.O=C(O)c1c(F)cccc1F. The van der Waals surface area contributed by atoms with E-state index in [2.05, 4.69) is 35.6 Å². The van der Waals surface area contributed by atoms with Gasteiger partial charge in [0.1, 0.15) is 63.8 Å². The second-order valence-electron chi connectivity index (χ2n) is 19.2. The fourth-order valence-corrected chi connectivity index (χ4v) is 9.02. The third kappa shape index (κ3) is 17.9. The summed E-state index contributed by atoms with van der Waals surface area (Å²) < 4.78 is 110. The number of hydrogen-bond donors (Lipinski definition) is 6. The highest BCUT2D eigenvalue weighted by atomic mass is 35.5. The molecule has 7 heterocycles. The van der Waals surface area contributed by atoms with Crippen molar-refractivity contribution in [1.82, 2.24) is 33.7 Å². The van der Waals surface area contributed by atoms with Crippen molar-refractivity contribution >= 4 is 101 Å². The van der Waals surface area contributed by atoms with Gasteiger partial charge >= 0.3 is 13.1 Å². The van der Waals surface area contributed by atoms with Crippen LogP contribution in [0.4, 0.5) is 46.5 Å². The average molecular weight is 1370 g/mol. The number of carboxylic acid groups (broad SMARTS) is 1. The zero-order valence-corrected chi connectivity index (χ0v) is 51.8. The van der Waals surface area contributed by atoms with Crippen molar-refractivity contribution in [2.24, 2.45) is 5.73 Å². The molecule has 0 unspecified atom stereocenters. The van der Waals surface area contributed by atoms with E-state index in [1.54, 1.807) is 83.8 Å². The van der Waals surface area contributed by atoms with Gasteiger partial charge in [-0.05, 0) is 141 Å². The molecule has 16 nitrogen and oxygen atoms in total. The molecule has 0 aliphatic carbocycles. The highest BCUT2D eigenvalue weighted by molar-refractivity contribution is 6.58. The molecular formula is C65H49BCl4F8N10O6. The molecule has 0 fully saturated rings. The highest BCUT2D eigenvalue weighted by Crippen LogP contribution is 2.32. The number of hydrogen-bond acceptors (Lipinski definition) is 11. The third-order valence-corrected chi connectivity index (χ3v) is 13.8. The number of pyridine rings is 5. The molecule has 12 rings (SSSR count). The molecule has 7 aromatic heterocycles. The number of nitrogens with one attached hydrogen (secondary N) is 2. The number of carbonyl (C=O) groups is 3. The molecule has 0 aliphatic rings. The Morgan fingerprint density at radius 2 is 0.957 bits per heavy atom. The van der Waals surface area contributed by atoms with Crippen LogP contribution in [0.3, 0.4) is 0 Å². The fourth-order valence-electron chi connectivity index (χ4n) is 8.61. The van der Waals surface area contributed by atoms with Gasteiger partial charge in [0.2, 0.25) is 0 Å². The number of carboxylic acids is 1. The third-order valence-electron chi connectivity index (χ3n) is 13.2. The van der Waals surface area contributed by atoms with Gasteiger partial charge in [-0.3, -0.25) is 33.3 Å². The number of aromatic carboxylic acids is 1. The lowest BCUT2D eigenvalue weighted by molar-refractivity contribution is 0.0685. The predicted molar refractivity (Wildman–Crippen MR) is 347 cm³/mol. The smallest absolute Gasteiger partial charge is 0.477 e. The first-order chi connectivity index (χ1) is 44.0. The first kappa shape index (κ1) is 72.9. The van der Waals surface area contributed by atoms with Crippen molar-refractivity contribution in [1.29, 1.82) is 0 Å². The van der Waals surface area contributed by atoms with Crippen molar-refractivity contribution in [3.63, 3.8) is 0 Å². The molecule has 94 heavy (non-hydrogen) atoms. The molecule has 0 saturated carbocycles. The number of aryl methyl sites for hydroxylation is 2. The number of fused-ring (bicyclic) bond motifs is 2. The summed E-state index contributed by atoms with van der Waals surface area (Å²) in [5, 5.41) is 32.9. The normalized spacial score (nSPS) is 10.3. The van der Waals surface area contributed by atoms with Crippen LogP contribution in [-0.2, 0) is 6.54 Å². The Morgan fingerprint density at radius 3 is 1.40 bits per heavy atom. The van der Waals surface area contributed by atoms with E-state index < -0.39 is 77.0 Å². The number of carbonyl (C=O) groups excluding carboxylic acids is 2. The molecule has 482 valence electrons. The Labute approximate surface area is 552 Å². The lowest BCUT2D eigenvalue weighted by Gasteiger charge is -2.11. The van der Waals surface area contributed by atoms with E-state index >= 15 is 0 Å². The number of aromatic nitrogens is 7. The molecule has 0 radical (unpaired) electrons. The second kappa shape index (κ2) is 33.5. The number of nitrogens with two attached hydrogens (primary N) is 1. The van der Waals surface area contributed by atoms with E-state index in [0.717, 1.165) is 23.9 Å². The Morgan fingerprint density at radius 1 is 0.521 bits per heavy atom. The Kier molecular flexibility index (Phi) is 26.0. The summed E-state index contributed by atoms with van der Waals surface area (Å²) in [5.41, 5.74) is 9.81. The second-order valence-corrected chi connectivity index (χ2v) is 20.1. The molecule has 7 N–H and O–H groups in total. The molecule has 0 saturated heterocycles. The van der Waals surface area contributed by atoms with E-state index in [1.165, 1.54) is 110 Å². The van der Waals surface area contributed by atoms with E-state index in [1.807, 2.05) is 6.07 Å². The molecule has 0 aliphatic heterocycles. The summed E-state index contributed by atoms with van der Waals surface area (Å²) in [6.45, 7) is 3.74. The van der Waals surface area contributed by atoms with Crippen molar-refractivity contribution < 1.29 is 64.7 Å². The quantitative estimate of drug-likeness (QED) is 0.0554. The van der Waals surface area contributed by atoms with Gasteiger partial charge in [0.15, 0.2) is 0 Å². The monoisotopic (exact) mass is 1370 g/mol. The van der Waals surface area contributed by atoms with Gasteiger partial charge in [-0.2, -0.15) is 0 Å². The minimum Gasteiger partial charge on any atom is -0.477 e. The van der Waals surface area contributed by atoms with Gasteiger partial charge in [-0.25, -0.2) is 49.9 Å². The highest BCUT2D eigenvalue weighted by Gasteiger charge is 2.22. The maximum atomic E-state index is 14.4. The van der Waals surface area contributed by atoms with Crippen LogP contribution >= 0.6 is 48.0 Å². The molecule has 12 aromatic rings. The molecule has 0 spiro atoms. The largest absolute Gasteiger partial charge is 0.490 e. The van der Waals surface area contributed by atoms with Crippen LogP contribution in [0.2, 0.25) is 10.0 Å². The minimum absolute atomic E-state index is 0. The molecule has 29 heteroatoms. The predicted octanol–water partition coefficient (Wildman–Crippen LogP) is 14.1. The Bertz CT molecular complexity index is 4600. The Hall–Kier alpha value is -10.1. The number of rotatable bonds is 10. The summed E-state index contributed by atoms with van der Waals surface area (Å²) in [4.78, 5) is 55.7. The summed E-state index contributed by atoms with van der Waals surface area (Å²) in [6.07, 6.45) is 10.9. The van der Waals surface area contributed by atoms with Gasteiger partial charge in [0.25, 0.3) is 11.8 Å². The zero-order chi connectivity index (χ0) is 66.3. The number of amides is 2. The lowest BCUT2D eigenvalue weighted by Crippen LogP contribution is -2.32. The first-order valence-corrected chi connectivity index (χ1v) is 27.7. The number of benzene rings is 5. The maximum absolute atomic E-state index is 14.4. The Balaban J connectivity index is 0.000000201. The summed E-state index contributed by atoms with van der Waals surface area (Å²) >= 11 is 11.7. The minimum atomic E-state index is -1.69. The molecular weight excluding hydrogens is 1320 g/mol. The van der Waals surface area contributed by atoms with Gasteiger partial charge in [-0.15, -0.1) is 24.8 Å². The summed E-state index contributed by atoms with van der Waals surface area (Å²) in [7, 11) is -1.69. The number of anilines is 2. The molecule has 2 amide bonds. The number of halogens is 12. The topological polar surface area (TPSA) is 235 Å². The van der Waals surface area contributed by atoms with E-state index in [0.29, 0.717) is 67.1 Å². The van der Waals surface area contributed by atoms with E-state index in [-0.39, 0.29) is 58.6 Å². The number of nitrogens with zero attached hydrogens (tertiary/aromatic N) is 7. The summed E-state index contributed by atoms with van der Waals surface area (Å²) in [5.74, 6) is -7.76. The van der Waals surface area contributed by atoms with Crippen LogP contribution < -0.4 is 21.8 Å². The van der Waals surface area contributed by atoms with Crippen molar-refractivity contribution in [2.75, 3.05) is 10.6 Å². The van der Waals surface area contributed by atoms with Gasteiger partial charge in [0.05, 0.1) is 67.1 Å². The summed E-state index contributed by atoms with van der Waals surface area (Å²) in [6, 6.07) is 34.6. The van der Waals surface area contributed by atoms with Gasteiger partial charge < -0.3 is 31.5 Å². The molecule has 0 bridgehead atoms. The van der Waals surface area contributed by atoms with Crippen molar-refractivity contribution in [3.8, 4) is 33.9 Å². The van der Waals surface area contributed by atoms with Crippen LogP contribution in [0.25, 0.3) is 44.9 Å².